The second kappa shape index (κ2) is 10.3. The third kappa shape index (κ3) is 5.77. The van der Waals surface area contributed by atoms with Gasteiger partial charge in [0.2, 0.25) is 5.91 Å². The molecule has 24 heavy (non-hydrogen) atoms. The van der Waals surface area contributed by atoms with Crippen LogP contribution in [-0.2, 0) is 11.2 Å². The highest BCUT2D eigenvalue weighted by Gasteiger charge is 2.18. The molecule has 1 N–H and O–H groups in total. The van der Waals surface area contributed by atoms with Crippen LogP contribution in [-0.4, -0.2) is 30.4 Å². The third-order valence-electron chi connectivity index (χ3n) is 4.34. The van der Waals surface area contributed by atoms with Crippen LogP contribution in [0.5, 0.6) is 0 Å². The first-order chi connectivity index (χ1) is 11.7. The van der Waals surface area contributed by atoms with Crippen LogP contribution in [0.3, 0.4) is 0 Å². The van der Waals surface area contributed by atoms with Gasteiger partial charge in [-0.3, -0.25) is 9.69 Å². The molecule has 130 valence electrons. The minimum atomic E-state index is 0.152. The fourth-order valence-corrected chi connectivity index (χ4v) is 3.73. The maximum Gasteiger partial charge on any atom is 0.220 e. The highest BCUT2D eigenvalue weighted by Crippen LogP contribution is 2.19. The van der Waals surface area contributed by atoms with Crippen molar-refractivity contribution in [2.24, 2.45) is 0 Å². The number of benzene rings is 1. The number of thiophene rings is 1. The number of nitrogens with one attached hydrogen (secondary N) is 1. The first kappa shape index (κ1) is 18.7. The molecular formula is C20H28N2OS. The molecule has 0 aliphatic heterocycles. The van der Waals surface area contributed by atoms with Gasteiger partial charge in [-0.25, -0.2) is 0 Å². The summed E-state index contributed by atoms with van der Waals surface area (Å²) in [6, 6.07) is 14.9. The molecule has 1 unspecified atom stereocenters. The van der Waals surface area contributed by atoms with Crippen LogP contribution in [0.1, 0.15) is 43.2 Å². The van der Waals surface area contributed by atoms with Gasteiger partial charge >= 0.3 is 0 Å². The Morgan fingerprint density at radius 3 is 2.50 bits per heavy atom. The molecule has 0 aliphatic carbocycles. The Kier molecular flexibility index (Phi) is 7.99. The molecular weight excluding hydrogens is 316 g/mol. The normalized spacial score (nSPS) is 12.3. The van der Waals surface area contributed by atoms with E-state index in [2.05, 4.69) is 65.8 Å². The first-order valence-electron chi connectivity index (χ1n) is 8.82. The van der Waals surface area contributed by atoms with Crippen molar-refractivity contribution in [2.45, 2.75) is 39.2 Å². The van der Waals surface area contributed by atoms with E-state index in [-0.39, 0.29) is 11.9 Å². The van der Waals surface area contributed by atoms with Crippen molar-refractivity contribution in [3.8, 4) is 0 Å². The molecule has 1 heterocycles. The molecule has 4 heteroatoms. The summed E-state index contributed by atoms with van der Waals surface area (Å²) in [6.45, 7) is 6.96. The number of hydrogen-bond acceptors (Lipinski definition) is 3. The lowest BCUT2D eigenvalue weighted by molar-refractivity contribution is -0.121. The highest BCUT2D eigenvalue weighted by molar-refractivity contribution is 7.09. The predicted octanol–water partition coefficient (Wildman–Crippen LogP) is 4.27. The van der Waals surface area contributed by atoms with E-state index < -0.39 is 0 Å². The number of carbonyl (C=O) groups excluding carboxylic acids is 1. The molecule has 0 bridgehead atoms. The molecule has 1 aromatic carbocycles. The smallest absolute Gasteiger partial charge is 0.220 e. The van der Waals surface area contributed by atoms with Crippen LogP contribution >= 0.6 is 11.3 Å². The van der Waals surface area contributed by atoms with E-state index in [1.165, 1.54) is 10.4 Å². The lowest BCUT2D eigenvalue weighted by atomic mass is 10.0. The van der Waals surface area contributed by atoms with E-state index in [9.17, 15) is 4.79 Å². The standard InChI is InChI=1S/C20H28N2OS/c1-3-22(4-2)19(17-10-6-5-7-11-17)16-21-20(23)14-8-12-18-13-9-15-24-18/h5-7,9-11,13,15,19H,3-4,8,12,14,16H2,1-2H3,(H,21,23). The summed E-state index contributed by atoms with van der Waals surface area (Å²) in [5.74, 6) is 0.152. The molecule has 1 atom stereocenters. The zero-order valence-electron chi connectivity index (χ0n) is 14.7. The van der Waals surface area contributed by atoms with Crippen LogP contribution < -0.4 is 5.32 Å². The summed E-state index contributed by atoms with van der Waals surface area (Å²) in [5, 5.41) is 5.22. The van der Waals surface area contributed by atoms with Crippen molar-refractivity contribution >= 4 is 17.2 Å². The number of rotatable bonds is 10. The number of nitrogens with zero attached hydrogens (tertiary/aromatic N) is 1. The van der Waals surface area contributed by atoms with Gasteiger partial charge in [0.05, 0.1) is 6.04 Å². The maximum absolute atomic E-state index is 12.2. The molecule has 0 saturated carbocycles. The largest absolute Gasteiger partial charge is 0.354 e. The van der Waals surface area contributed by atoms with E-state index in [1.54, 1.807) is 11.3 Å². The zero-order valence-corrected chi connectivity index (χ0v) is 15.5. The molecule has 3 nitrogen and oxygen atoms in total. The van der Waals surface area contributed by atoms with E-state index in [0.29, 0.717) is 13.0 Å². The van der Waals surface area contributed by atoms with Crippen LogP contribution in [0, 0.1) is 0 Å². The number of aryl methyl sites for hydroxylation is 1. The lowest BCUT2D eigenvalue weighted by Gasteiger charge is -2.30. The molecule has 0 spiro atoms. The Hall–Kier alpha value is -1.65. The van der Waals surface area contributed by atoms with Crippen molar-refractivity contribution < 1.29 is 4.79 Å². The van der Waals surface area contributed by atoms with Crippen molar-refractivity contribution in [1.82, 2.24) is 10.2 Å². The SMILES string of the molecule is CCN(CC)C(CNC(=O)CCCc1cccs1)c1ccccc1. The molecule has 2 aromatic rings. The topological polar surface area (TPSA) is 32.3 Å². The zero-order chi connectivity index (χ0) is 17.2. The first-order valence-corrected chi connectivity index (χ1v) is 9.70. The summed E-state index contributed by atoms with van der Waals surface area (Å²) in [4.78, 5) is 15.9. The van der Waals surface area contributed by atoms with Gasteiger partial charge in [-0.2, -0.15) is 0 Å². The fraction of sp³-hybridized carbons (Fsp3) is 0.450. The van der Waals surface area contributed by atoms with Crippen LogP contribution in [0.25, 0.3) is 0 Å². The highest BCUT2D eigenvalue weighted by atomic mass is 32.1. The number of amides is 1. The molecule has 1 aromatic heterocycles. The van der Waals surface area contributed by atoms with Gasteiger partial charge in [-0.15, -0.1) is 11.3 Å². The maximum atomic E-state index is 12.2. The van der Waals surface area contributed by atoms with Crippen LogP contribution in [0.4, 0.5) is 0 Å². The Balaban J connectivity index is 1.84. The third-order valence-corrected chi connectivity index (χ3v) is 5.27. The Morgan fingerprint density at radius 2 is 1.88 bits per heavy atom. The fourth-order valence-electron chi connectivity index (χ4n) is 2.97. The lowest BCUT2D eigenvalue weighted by Crippen LogP contribution is -2.38. The number of hydrogen-bond donors (Lipinski definition) is 1. The molecule has 0 fully saturated rings. The van der Waals surface area contributed by atoms with E-state index >= 15 is 0 Å². The predicted molar refractivity (Wildman–Crippen MR) is 102 cm³/mol. The summed E-state index contributed by atoms with van der Waals surface area (Å²) >= 11 is 1.76. The van der Waals surface area contributed by atoms with Crippen molar-refractivity contribution in [1.29, 1.82) is 0 Å². The van der Waals surface area contributed by atoms with Crippen LogP contribution in [0.2, 0.25) is 0 Å². The van der Waals surface area contributed by atoms with E-state index in [4.69, 9.17) is 0 Å². The Bertz CT molecular complexity index is 579. The van der Waals surface area contributed by atoms with E-state index in [0.717, 1.165) is 25.9 Å². The Morgan fingerprint density at radius 1 is 1.12 bits per heavy atom. The minimum absolute atomic E-state index is 0.152. The van der Waals surface area contributed by atoms with Crippen molar-refractivity contribution in [3.05, 3.63) is 58.3 Å². The summed E-state index contributed by atoms with van der Waals surface area (Å²) in [7, 11) is 0. The quantitative estimate of drug-likeness (QED) is 0.698. The second-order valence-electron chi connectivity index (χ2n) is 5.88. The van der Waals surface area contributed by atoms with Gasteiger partial charge in [0.25, 0.3) is 0 Å². The number of likely N-dealkylation sites (N-methyl/N-ethyl adjacent to an activating group) is 1. The molecule has 0 saturated heterocycles. The second-order valence-corrected chi connectivity index (χ2v) is 6.92. The van der Waals surface area contributed by atoms with Gasteiger partial charge in [-0.05, 0) is 42.9 Å². The van der Waals surface area contributed by atoms with E-state index in [1.807, 2.05) is 6.07 Å². The Labute approximate surface area is 149 Å². The van der Waals surface area contributed by atoms with Gasteiger partial charge in [0.15, 0.2) is 0 Å². The number of carbonyl (C=O) groups is 1. The average molecular weight is 345 g/mol. The van der Waals surface area contributed by atoms with Crippen molar-refractivity contribution in [2.75, 3.05) is 19.6 Å². The van der Waals surface area contributed by atoms with Gasteiger partial charge < -0.3 is 5.32 Å². The summed E-state index contributed by atoms with van der Waals surface area (Å²) in [5.41, 5.74) is 1.26. The van der Waals surface area contributed by atoms with Crippen LogP contribution in [0.15, 0.2) is 47.8 Å². The minimum Gasteiger partial charge on any atom is -0.354 e. The average Bonchev–Trinajstić information content (AvgIpc) is 3.13. The monoisotopic (exact) mass is 344 g/mol. The summed E-state index contributed by atoms with van der Waals surface area (Å²) < 4.78 is 0. The molecule has 0 aliphatic rings. The molecule has 1 amide bonds. The van der Waals surface area contributed by atoms with Gasteiger partial charge in [0.1, 0.15) is 0 Å². The summed E-state index contributed by atoms with van der Waals surface area (Å²) in [6.07, 6.45) is 2.49. The van der Waals surface area contributed by atoms with Gasteiger partial charge in [-0.1, -0.05) is 50.2 Å². The molecule has 2 rings (SSSR count). The van der Waals surface area contributed by atoms with Crippen molar-refractivity contribution in [3.63, 3.8) is 0 Å². The molecule has 0 radical (unpaired) electrons. The van der Waals surface area contributed by atoms with Gasteiger partial charge in [0, 0.05) is 17.8 Å².